The van der Waals surface area contributed by atoms with Crippen LogP contribution < -0.4 is 0 Å². The summed E-state index contributed by atoms with van der Waals surface area (Å²) in [6.07, 6.45) is 4.51. The predicted molar refractivity (Wildman–Crippen MR) is 74.5 cm³/mol. The highest BCUT2D eigenvalue weighted by molar-refractivity contribution is 9.10. The zero-order valence-corrected chi connectivity index (χ0v) is 11.9. The number of aromatic nitrogens is 2. The number of halogens is 1. The molecule has 4 heteroatoms. The van der Waals surface area contributed by atoms with Crippen LogP contribution in [-0.2, 0) is 17.7 Å². The molecule has 3 nitrogen and oxygen atoms in total. The first-order valence-electron chi connectivity index (χ1n) is 6.11. The molecule has 0 fully saturated rings. The minimum atomic E-state index is 0.324. The van der Waals surface area contributed by atoms with E-state index in [4.69, 9.17) is 9.72 Å². The minimum absolute atomic E-state index is 0.324. The van der Waals surface area contributed by atoms with Gasteiger partial charge in [0, 0.05) is 29.8 Å². The van der Waals surface area contributed by atoms with Crippen molar-refractivity contribution in [2.75, 3.05) is 7.11 Å². The molecule has 0 aliphatic carbocycles. The van der Waals surface area contributed by atoms with Gasteiger partial charge in [-0.3, -0.25) is 0 Å². The fourth-order valence-electron chi connectivity index (χ4n) is 2.36. The third-order valence-corrected chi connectivity index (χ3v) is 3.95. The Morgan fingerprint density at radius 1 is 1.33 bits per heavy atom. The molecule has 1 unspecified atom stereocenters. The third-order valence-electron chi connectivity index (χ3n) is 3.42. The van der Waals surface area contributed by atoms with E-state index in [9.17, 15) is 0 Å². The normalized spacial score (nSPS) is 18.7. The highest BCUT2D eigenvalue weighted by atomic mass is 79.9. The molecule has 1 aromatic heterocycles. The molecule has 0 saturated carbocycles. The summed E-state index contributed by atoms with van der Waals surface area (Å²) >= 11 is 3.45. The van der Waals surface area contributed by atoms with Gasteiger partial charge in [-0.05, 0) is 18.6 Å². The quantitative estimate of drug-likeness (QED) is 0.851. The fourth-order valence-corrected chi connectivity index (χ4v) is 2.63. The van der Waals surface area contributed by atoms with Crippen molar-refractivity contribution in [3.05, 3.63) is 40.8 Å². The molecule has 2 heterocycles. The summed E-state index contributed by atoms with van der Waals surface area (Å²) in [5.41, 5.74) is 2.21. The second-order valence-electron chi connectivity index (χ2n) is 4.60. The molecule has 1 aromatic carbocycles. The summed E-state index contributed by atoms with van der Waals surface area (Å²) in [6, 6.07) is 8.27. The lowest BCUT2D eigenvalue weighted by Gasteiger charge is -2.21. The monoisotopic (exact) mass is 306 g/mol. The van der Waals surface area contributed by atoms with E-state index < -0.39 is 0 Å². The molecule has 18 heavy (non-hydrogen) atoms. The van der Waals surface area contributed by atoms with Gasteiger partial charge in [0.15, 0.2) is 0 Å². The van der Waals surface area contributed by atoms with E-state index in [1.165, 1.54) is 5.82 Å². The maximum absolute atomic E-state index is 5.42. The Morgan fingerprint density at radius 2 is 2.11 bits per heavy atom. The van der Waals surface area contributed by atoms with Gasteiger partial charge in [-0.2, -0.15) is 0 Å². The number of rotatable bonds is 2. The van der Waals surface area contributed by atoms with Crippen LogP contribution in [0.5, 0.6) is 0 Å². The van der Waals surface area contributed by atoms with Gasteiger partial charge in [0.2, 0.25) is 0 Å². The maximum Gasteiger partial charge on any atom is 0.109 e. The number of fused-ring (bicyclic) bond motifs is 1. The lowest BCUT2D eigenvalue weighted by atomic mass is 10.1. The smallest absolute Gasteiger partial charge is 0.109 e. The van der Waals surface area contributed by atoms with Crippen LogP contribution in [0, 0.1) is 0 Å². The van der Waals surface area contributed by atoms with Crippen LogP contribution in [0.25, 0.3) is 11.3 Å². The zero-order chi connectivity index (χ0) is 12.5. The Labute approximate surface area is 115 Å². The average molecular weight is 307 g/mol. The Hall–Kier alpha value is -1.13. The first-order chi connectivity index (χ1) is 8.76. The van der Waals surface area contributed by atoms with Crippen LogP contribution in [0.15, 0.2) is 34.9 Å². The first-order valence-corrected chi connectivity index (χ1v) is 6.90. The minimum Gasteiger partial charge on any atom is -0.380 e. The maximum atomic E-state index is 5.42. The van der Waals surface area contributed by atoms with Crippen LogP contribution in [0.1, 0.15) is 12.2 Å². The molecule has 0 saturated heterocycles. The molecule has 1 aliphatic heterocycles. The summed E-state index contributed by atoms with van der Waals surface area (Å²) in [5.74, 6) is 1.17. The lowest BCUT2D eigenvalue weighted by molar-refractivity contribution is 0.0706. The third kappa shape index (κ3) is 2.22. The van der Waals surface area contributed by atoms with E-state index in [0.29, 0.717) is 6.10 Å². The van der Waals surface area contributed by atoms with Crippen LogP contribution >= 0.6 is 15.9 Å². The molecule has 3 rings (SSSR count). The van der Waals surface area contributed by atoms with Crippen molar-refractivity contribution in [1.29, 1.82) is 0 Å². The molecule has 0 radical (unpaired) electrons. The number of ether oxygens (including phenoxy) is 1. The van der Waals surface area contributed by atoms with Crippen LogP contribution in [0.4, 0.5) is 0 Å². The van der Waals surface area contributed by atoms with Crippen molar-refractivity contribution >= 4 is 15.9 Å². The van der Waals surface area contributed by atoms with E-state index in [-0.39, 0.29) is 0 Å². The Morgan fingerprint density at radius 3 is 2.83 bits per heavy atom. The van der Waals surface area contributed by atoms with Crippen LogP contribution in [0.3, 0.4) is 0 Å². The number of aryl methyl sites for hydroxylation is 1. The van der Waals surface area contributed by atoms with Gasteiger partial charge >= 0.3 is 0 Å². The Balaban J connectivity index is 1.91. The van der Waals surface area contributed by atoms with E-state index in [1.54, 1.807) is 7.11 Å². The van der Waals surface area contributed by atoms with Crippen molar-refractivity contribution in [1.82, 2.24) is 9.55 Å². The van der Waals surface area contributed by atoms with Crippen molar-refractivity contribution in [3.8, 4) is 11.3 Å². The van der Waals surface area contributed by atoms with Crippen molar-refractivity contribution in [2.24, 2.45) is 0 Å². The van der Waals surface area contributed by atoms with Gasteiger partial charge in [-0.1, -0.05) is 28.1 Å². The lowest BCUT2D eigenvalue weighted by Crippen LogP contribution is -2.25. The summed E-state index contributed by atoms with van der Waals surface area (Å²) in [7, 11) is 1.78. The molecule has 2 aromatic rings. The highest BCUT2D eigenvalue weighted by Crippen LogP contribution is 2.24. The van der Waals surface area contributed by atoms with E-state index in [1.807, 2.05) is 12.1 Å². The van der Waals surface area contributed by atoms with Crippen LogP contribution in [0.2, 0.25) is 0 Å². The molecule has 0 spiro atoms. The van der Waals surface area contributed by atoms with Crippen LogP contribution in [-0.4, -0.2) is 22.8 Å². The molecule has 94 valence electrons. The van der Waals surface area contributed by atoms with E-state index in [2.05, 4.69) is 38.8 Å². The largest absolute Gasteiger partial charge is 0.380 e. The van der Waals surface area contributed by atoms with Crippen molar-refractivity contribution < 1.29 is 4.74 Å². The Kier molecular flexibility index (Phi) is 3.22. The van der Waals surface area contributed by atoms with Crippen molar-refractivity contribution in [3.63, 3.8) is 0 Å². The van der Waals surface area contributed by atoms with E-state index >= 15 is 0 Å². The predicted octanol–water partition coefficient (Wildman–Crippen LogP) is 3.27. The second-order valence-corrected chi connectivity index (χ2v) is 5.51. The SMILES string of the molecule is COC1CCc2nc(-c3ccc(Br)cc3)cn2C1. The number of benzene rings is 1. The van der Waals surface area contributed by atoms with Gasteiger partial charge in [0.05, 0.1) is 18.3 Å². The number of methoxy groups -OCH3 is 1. The summed E-state index contributed by atoms with van der Waals surface area (Å²) in [6.45, 7) is 0.912. The molecule has 0 bridgehead atoms. The zero-order valence-electron chi connectivity index (χ0n) is 10.3. The number of imidazole rings is 1. The molecule has 1 aliphatic rings. The molecular formula is C14H15BrN2O. The van der Waals surface area contributed by atoms with E-state index in [0.717, 1.165) is 35.1 Å². The second kappa shape index (κ2) is 4.86. The molecule has 0 amide bonds. The van der Waals surface area contributed by atoms with Gasteiger partial charge in [0.1, 0.15) is 5.82 Å². The van der Waals surface area contributed by atoms with Gasteiger partial charge < -0.3 is 9.30 Å². The fraction of sp³-hybridized carbons (Fsp3) is 0.357. The topological polar surface area (TPSA) is 27.1 Å². The standard InChI is InChI=1S/C14H15BrN2O/c1-18-12-6-7-14-16-13(9-17(14)8-12)10-2-4-11(15)5-3-10/h2-5,9,12H,6-8H2,1H3. The van der Waals surface area contributed by atoms with Gasteiger partial charge in [-0.25, -0.2) is 4.98 Å². The highest BCUT2D eigenvalue weighted by Gasteiger charge is 2.20. The summed E-state index contributed by atoms with van der Waals surface area (Å²) in [5, 5.41) is 0. The number of hydrogen-bond donors (Lipinski definition) is 0. The number of hydrogen-bond acceptors (Lipinski definition) is 2. The first kappa shape index (κ1) is 11.9. The molecule has 0 N–H and O–H groups in total. The molecular weight excluding hydrogens is 292 g/mol. The summed E-state index contributed by atoms with van der Waals surface area (Å²) in [4.78, 5) is 4.71. The number of nitrogens with zero attached hydrogens (tertiary/aromatic N) is 2. The molecule has 1 atom stereocenters. The van der Waals surface area contributed by atoms with Crippen molar-refractivity contribution in [2.45, 2.75) is 25.5 Å². The van der Waals surface area contributed by atoms with Gasteiger partial charge in [0.25, 0.3) is 0 Å². The average Bonchev–Trinajstić information content (AvgIpc) is 2.82. The Bertz CT molecular complexity index is 547. The van der Waals surface area contributed by atoms with Gasteiger partial charge in [-0.15, -0.1) is 0 Å². The summed E-state index contributed by atoms with van der Waals surface area (Å²) < 4.78 is 8.73.